The van der Waals surface area contributed by atoms with Crippen LogP contribution in [0.4, 0.5) is 0 Å². The second-order valence-electron chi connectivity index (χ2n) is 5.05. The van der Waals surface area contributed by atoms with Gasteiger partial charge in [-0.3, -0.25) is 9.69 Å². The van der Waals surface area contributed by atoms with Crippen LogP contribution < -0.4 is 0 Å². The fraction of sp³-hybridized carbons (Fsp3) is 0.500. The fourth-order valence-electron chi connectivity index (χ4n) is 2.66. The topological polar surface area (TPSA) is 53.3 Å². The number of likely N-dealkylation sites (tertiary alicyclic amines) is 1. The molecule has 4 nitrogen and oxygen atoms in total. The van der Waals surface area contributed by atoms with E-state index in [0.29, 0.717) is 18.7 Å². The molecule has 2 rings (SSSR count). The molecule has 0 aromatic heterocycles. The standard InChI is InChI=1S/C16H20N2O2/c1-2-20-16(19)15-8-3-4-9-18(15)12-14-7-5-6-13(10-14)11-17/h5-7,10,15H,2-4,8-9,12H2,1H3. The van der Waals surface area contributed by atoms with Crippen LogP contribution in [0.15, 0.2) is 24.3 Å². The average Bonchev–Trinajstić information content (AvgIpc) is 2.48. The lowest BCUT2D eigenvalue weighted by Gasteiger charge is -2.33. The summed E-state index contributed by atoms with van der Waals surface area (Å²) in [7, 11) is 0. The van der Waals surface area contributed by atoms with Crippen LogP contribution in [0.2, 0.25) is 0 Å². The van der Waals surface area contributed by atoms with Crippen molar-refractivity contribution in [1.29, 1.82) is 5.26 Å². The monoisotopic (exact) mass is 272 g/mol. The second-order valence-corrected chi connectivity index (χ2v) is 5.05. The number of nitriles is 1. The van der Waals surface area contributed by atoms with Crippen molar-refractivity contribution in [2.24, 2.45) is 0 Å². The minimum atomic E-state index is -0.144. The Morgan fingerprint density at radius 1 is 1.50 bits per heavy atom. The summed E-state index contributed by atoms with van der Waals surface area (Å²) >= 11 is 0. The molecular weight excluding hydrogens is 252 g/mol. The maximum atomic E-state index is 12.0. The molecular formula is C16H20N2O2. The fourth-order valence-corrected chi connectivity index (χ4v) is 2.66. The molecule has 4 heteroatoms. The number of hydrogen-bond donors (Lipinski definition) is 0. The third-order valence-corrected chi connectivity index (χ3v) is 3.61. The average molecular weight is 272 g/mol. The van der Waals surface area contributed by atoms with Crippen LogP contribution in [0.1, 0.15) is 37.3 Å². The highest BCUT2D eigenvalue weighted by molar-refractivity contribution is 5.75. The van der Waals surface area contributed by atoms with Crippen LogP contribution in [0, 0.1) is 11.3 Å². The molecule has 1 heterocycles. The Morgan fingerprint density at radius 2 is 2.35 bits per heavy atom. The van der Waals surface area contributed by atoms with Crippen LogP contribution in [-0.4, -0.2) is 30.1 Å². The number of esters is 1. The predicted molar refractivity (Wildman–Crippen MR) is 75.8 cm³/mol. The van der Waals surface area contributed by atoms with Gasteiger partial charge in [0.1, 0.15) is 6.04 Å². The molecule has 1 unspecified atom stereocenters. The molecule has 1 aliphatic rings. The van der Waals surface area contributed by atoms with Crippen molar-refractivity contribution in [3.63, 3.8) is 0 Å². The quantitative estimate of drug-likeness (QED) is 0.790. The van der Waals surface area contributed by atoms with Gasteiger partial charge < -0.3 is 4.74 Å². The van der Waals surface area contributed by atoms with E-state index >= 15 is 0 Å². The summed E-state index contributed by atoms with van der Waals surface area (Å²) in [6, 6.07) is 9.57. The number of carbonyl (C=O) groups excluding carboxylic acids is 1. The van der Waals surface area contributed by atoms with Crippen molar-refractivity contribution in [2.45, 2.75) is 38.8 Å². The second kappa shape index (κ2) is 7.06. The van der Waals surface area contributed by atoms with Crippen LogP contribution in [0.3, 0.4) is 0 Å². The van der Waals surface area contributed by atoms with Crippen LogP contribution in [-0.2, 0) is 16.1 Å². The summed E-state index contributed by atoms with van der Waals surface area (Å²) < 4.78 is 5.16. The van der Waals surface area contributed by atoms with E-state index in [4.69, 9.17) is 10.00 Å². The first kappa shape index (κ1) is 14.5. The van der Waals surface area contributed by atoms with Crippen LogP contribution in [0.25, 0.3) is 0 Å². The Morgan fingerprint density at radius 3 is 3.10 bits per heavy atom. The molecule has 0 bridgehead atoms. The smallest absolute Gasteiger partial charge is 0.323 e. The summed E-state index contributed by atoms with van der Waals surface area (Å²) in [5, 5.41) is 8.94. The van der Waals surface area contributed by atoms with Crippen molar-refractivity contribution < 1.29 is 9.53 Å². The zero-order valence-corrected chi connectivity index (χ0v) is 11.8. The van der Waals surface area contributed by atoms with Crippen molar-refractivity contribution in [2.75, 3.05) is 13.2 Å². The highest BCUT2D eigenvalue weighted by Crippen LogP contribution is 2.21. The normalized spacial score (nSPS) is 19.3. The van der Waals surface area contributed by atoms with E-state index in [0.717, 1.165) is 31.4 Å². The third-order valence-electron chi connectivity index (χ3n) is 3.61. The molecule has 106 valence electrons. The van der Waals surface area contributed by atoms with Gasteiger partial charge in [0, 0.05) is 6.54 Å². The van der Waals surface area contributed by atoms with E-state index in [1.807, 2.05) is 25.1 Å². The molecule has 20 heavy (non-hydrogen) atoms. The first-order chi connectivity index (χ1) is 9.74. The number of rotatable bonds is 4. The molecule has 1 aromatic carbocycles. The zero-order valence-electron chi connectivity index (χ0n) is 11.8. The number of nitrogens with zero attached hydrogens (tertiary/aromatic N) is 2. The highest BCUT2D eigenvalue weighted by atomic mass is 16.5. The summed E-state index contributed by atoms with van der Waals surface area (Å²) in [6.45, 7) is 3.85. The maximum absolute atomic E-state index is 12.0. The molecule has 0 radical (unpaired) electrons. The first-order valence-corrected chi connectivity index (χ1v) is 7.14. The van der Waals surface area contributed by atoms with E-state index in [-0.39, 0.29) is 12.0 Å². The van der Waals surface area contributed by atoms with E-state index in [9.17, 15) is 4.79 Å². The molecule has 1 fully saturated rings. The largest absolute Gasteiger partial charge is 0.465 e. The molecule has 1 aromatic rings. The Kier molecular flexibility index (Phi) is 5.14. The number of hydrogen-bond acceptors (Lipinski definition) is 4. The molecule has 0 aliphatic carbocycles. The van der Waals surface area contributed by atoms with Gasteiger partial charge in [0.25, 0.3) is 0 Å². The van der Waals surface area contributed by atoms with Gasteiger partial charge >= 0.3 is 5.97 Å². The van der Waals surface area contributed by atoms with E-state index in [1.54, 1.807) is 6.07 Å². The van der Waals surface area contributed by atoms with Gasteiger partial charge in [0.05, 0.1) is 18.2 Å². The van der Waals surface area contributed by atoms with Crippen molar-refractivity contribution in [1.82, 2.24) is 4.90 Å². The van der Waals surface area contributed by atoms with Crippen molar-refractivity contribution in [3.8, 4) is 6.07 Å². The van der Waals surface area contributed by atoms with Crippen molar-refractivity contribution >= 4 is 5.97 Å². The maximum Gasteiger partial charge on any atom is 0.323 e. The summed E-state index contributed by atoms with van der Waals surface area (Å²) in [4.78, 5) is 14.2. The van der Waals surface area contributed by atoms with Gasteiger partial charge in [-0.2, -0.15) is 5.26 Å². The van der Waals surface area contributed by atoms with E-state index < -0.39 is 0 Å². The predicted octanol–water partition coefficient (Wildman–Crippen LogP) is 2.48. The van der Waals surface area contributed by atoms with Crippen LogP contribution >= 0.6 is 0 Å². The Hall–Kier alpha value is -1.86. The number of carbonyl (C=O) groups is 1. The molecule has 0 saturated carbocycles. The van der Waals surface area contributed by atoms with Crippen molar-refractivity contribution in [3.05, 3.63) is 35.4 Å². The molecule has 0 N–H and O–H groups in total. The van der Waals surface area contributed by atoms with Gasteiger partial charge in [-0.1, -0.05) is 18.6 Å². The third kappa shape index (κ3) is 3.58. The molecule has 0 spiro atoms. The van der Waals surface area contributed by atoms with Gasteiger partial charge in [0.2, 0.25) is 0 Å². The van der Waals surface area contributed by atoms with Crippen LogP contribution in [0.5, 0.6) is 0 Å². The van der Waals surface area contributed by atoms with Gasteiger partial charge in [-0.25, -0.2) is 0 Å². The lowest BCUT2D eigenvalue weighted by molar-refractivity contribution is -0.151. The zero-order chi connectivity index (χ0) is 14.4. The summed E-state index contributed by atoms with van der Waals surface area (Å²) in [5.41, 5.74) is 1.73. The lowest BCUT2D eigenvalue weighted by Crippen LogP contribution is -2.44. The Labute approximate surface area is 120 Å². The highest BCUT2D eigenvalue weighted by Gasteiger charge is 2.29. The SMILES string of the molecule is CCOC(=O)C1CCCCN1Cc1cccc(C#N)c1. The minimum absolute atomic E-state index is 0.122. The van der Waals surface area contributed by atoms with E-state index in [2.05, 4.69) is 11.0 Å². The number of ether oxygens (including phenoxy) is 1. The number of benzene rings is 1. The Bertz CT molecular complexity index is 507. The lowest BCUT2D eigenvalue weighted by atomic mass is 10.0. The number of piperidine rings is 1. The van der Waals surface area contributed by atoms with Gasteiger partial charge in [0.15, 0.2) is 0 Å². The molecule has 0 amide bonds. The van der Waals surface area contributed by atoms with Gasteiger partial charge in [-0.05, 0) is 44.0 Å². The molecule has 1 saturated heterocycles. The summed E-state index contributed by atoms with van der Waals surface area (Å²) in [5.74, 6) is -0.122. The van der Waals surface area contributed by atoms with Gasteiger partial charge in [-0.15, -0.1) is 0 Å². The van der Waals surface area contributed by atoms with E-state index in [1.165, 1.54) is 0 Å². The minimum Gasteiger partial charge on any atom is -0.465 e. The summed E-state index contributed by atoms with van der Waals surface area (Å²) in [6.07, 6.45) is 3.03. The Balaban J connectivity index is 2.08. The molecule has 1 aliphatic heterocycles. The molecule has 1 atom stereocenters. The first-order valence-electron chi connectivity index (χ1n) is 7.14.